The van der Waals surface area contributed by atoms with Gasteiger partial charge in [0.25, 0.3) is 0 Å². The molecule has 0 bridgehead atoms. The first kappa shape index (κ1) is 13.7. The maximum Gasteiger partial charge on any atom is 0.206 e. The van der Waals surface area contributed by atoms with Crippen LogP contribution >= 0.6 is 0 Å². The molecule has 5 heteroatoms. The highest BCUT2D eigenvalue weighted by Crippen LogP contribution is 2.24. The maximum absolute atomic E-state index is 13.3. The number of sulfone groups is 1. The van der Waals surface area contributed by atoms with Gasteiger partial charge < -0.3 is 0 Å². The number of rotatable bonds is 2. The van der Waals surface area contributed by atoms with Crippen molar-refractivity contribution in [1.82, 2.24) is 0 Å². The summed E-state index contributed by atoms with van der Waals surface area (Å²) < 4.78 is 51.2. The largest absolute Gasteiger partial charge is 0.219 e. The van der Waals surface area contributed by atoms with Crippen LogP contribution in [0.1, 0.15) is 11.1 Å². The monoisotopic (exact) mass is 282 g/mol. The third-order valence-corrected chi connectivity index (χ3v) is 4.36. The summed E-state index contributed by atoms with van der Waals surface area (Å²) in [5, 5.41) is 0. The van der Waals surface area contributed by atoms with Crippen LogP contribution in [0.3, 0.4) is 0 Å². The Labute approximate surface area is 110 Å². The van der Waals surface area contributed by atoms with E-state index in [1.807, 2.05) is 0 Å². The Morgan fingerprint density at radius 2 is 1.11 bits per heavy atom. The van der Waals surface area contributed by atoms with Crippen LogP contribution < -0.4 is 0 Å². The molecule has 0 N–H and O–H groups in total. The van der Waals surface area contributed by atoms with Crippen LogP contribution in [0.4, 0.5) is 8.78 Å². The van der Waals surface area contributed by atoms with Gasteiger partial charge in [0.05, 0.1) is 9.79 Å². The van der Waals surface area contributed by atoms with Crippen LogP contribution in [0.2, 0.25) is 0 Å². The van der Waals surface area contributed by atoms with E-state index in [2.05, 4.69) is 0 Å². The second-order valence-electron chi connectivity index (χ2n) is 4.43. The Hall–Kier alpha value is -1.75. The topological polar surface area (TPSA) is 34.1 Å². The first-order chi connectivity index (χ1) is 8.79. The van der Waals surface area contributed by atoms with Crippen LogP contribution in [0.25, 0.3) is 0 Å². The molecule has 2 aromatic carbocycles. The lowest BCUT2D eigenvalue weighted by molar-refractivity contribution is 0.586. The molecule has 0 aliphatic heterocycles. The van der Waals surface area contributed by atoms with E-state index in [1.54, 1.807) is 13.8 Å². The summed E-state index contributed by atoms with van der Waals surface area (Å²) >= 11 is 0. The average Bonchev–Trinajstić information content (AvgIpc) is 2.26. The van der Waals surface area contributed by atoms with Crippen molar-refractivity contribution in [2.75, 3.05) is 0 Å². The molecule has 0 fully saturated rings. The van der Waals surface area contributed by atoms with Crippen molar-refractivity contribution in [3.8, 4) is 0 Å². The van der Waals surface area contributed by atoms with Crippen LogP contribution in [-0.2, 0) is 9.84 Å². The second-order valence-corrected chi connectivity index (χ2v) is 6.38. The Balaban J connectivity index is 2.65. The Morgan fingerprint density at radius 3 is 1.42 bits per heavy atom. The van der Waals surface area contributed by atoms with Crippen LogP contribution in [0.5, 0.6) is 0 Å². The fourth-order valence-corrected chi connectivity index (χ4v) is 3.34. The van der Waals surface area contributed by atoms with E-state index in [0.717, 1.165) is 12.1 Å². The molecule has 0 aliphatic rings. The lowest BCUT2D eigenvalue weighted by Crippen LogP contribution is -2.04. The fraction of sp³-hybridized carbons (Fsp3) is 0.143. The van der Waals surface area contributed by atoms with Crippen LogP contribution in [0, 0.1) is 25.5 Å². The molecule has 0 aliphatic carbocycles. The van der Waals surface area contributed by atoms with Gasteiger partial charge in [-0.1, -0.05) is 0 Å². The number of halogens is 2. The van der Waals surface area contributed by atoms with Gasteiger partial charge in [0, 0.05) is 0 Å². The van der Waals surface area contributed by atoms with E-state index in [4.69, 9.17) is 0 Å². The molecule has 0 aromatic heterocycles. The van der Waals surface area contributed by atoms with Crippen molar-refractivity contribution in [3.63, 3.8) is 0 Å². The molecule has 0 saturated heterocycles. The Kier molecular flexibility index (Phi) is 3.41. The van der Waals surface area contributed by atoms with E-state index in [0.29, 0.717) is 11.1 Å². The van der Waals surface area contributed by atoms with Crippen molar-refractivity contribution in [3.05, 3.63) is 59.2 Å². The molecular weight excluding hydrogens is 270 g/mol. The van der Waals surface area contributed by atoms with Gasteiger partial charge in [-0.3, -0.25) is 0 Å². The maximum atomic E-state index is 13.3. The highest BCUT2D eigenvalue weighted by atomic mass is 32.2. The Morgan fingerprint density at radius 1 is 0.737 bits per heavy atom. The van der Waals surface area contributed by atoms with Gasteiger partial charge in [-0.25, -0.2) is 17.2 Å². The molecule has 0 spiro atoms. The number of benzene rings is 2. The molecule has 0 radical (unpaired) electrons. The minimum Gasteiger partial charge on any atom is -0.219 e. The molecule has 2 nitrogen and oxygen atoms in total. The van der Waals surface area contributed by atoms with Crippen LogP contribution in [0.15, 0.2) is 46.2 Å². The molecule has 0 amide bonds. The van der Waals surface area contributed by atoms with Gasteiger partial charge in [-0.15, -0.1) is 0 Å². The third kappa shape index (κ3) is 2.81. The SMILES string of the molecule is Cc1cc(F)cc(S(=O)(=O)c2cc(C)cc(F)c2)c1. The lowest BCUT2D eigenvalue weighted by atomic mass is 10.2. The van der Waals surface area contributed by atoms with Crippen molar-refractivity contribution in [2.45, 2.75) is 23.6 Å². The predicted molar refractivity (Wildman–Crippen MR) is 67.7 cm³/mol. The lowest BCUT2D eigenvalue weighted by Gasteiger charge is -2.07. The molecule has 0 atom stereocenters. The molecule has 2 aromatic rings. The van der Waals surface area contributed by atoms with Crippen molar-refractivity contribution in [1.29, 1.82) is 0 Å². The summed E-state index contributed by atoms with van der Waals surface area (Å²) in [4.78, 5) is -0.343. The predicted octanol–water partition coefficient (Wildman–Crippen LogP) is 3.41. The second kappa shape index (κ2) is 4.74. The van der Waals surface area contributed by atoms with E-state index >= 15 is 0 Å². The standard InChI is InChI=1S/C14H12F2O2S/c1-9-3-11(15)7-13(5-9)19(17,18)14-6-10(2)4-12(16)8-14/h3-8H,1-2H3. The molecule has 0 unspecified atom stereocenters. The summed E-state index contributed by atoms with van der Waals surface area (Å²) in [6.07, 6.45) is 0. The zero-order valence-electron chi connectivity index (χ0n) is 10.4. The van der Waals surface area contributed by atoms with Gasteiger partial charge in [-0.05, 0) is 61.4 Å². The van der Waals surface area contributed by atoms with Gasteiger partial charge in [-0.2, -0.15) is 0 Å². The third-order valence-electron chi connectivity index (χ3n) is 2.65. The average molecular weight is 282 g/mol. The summed E-state index contributed by atoms with van der Waals surface area (Å²) in [5.74, 6) is -1.27. The summed E-state index contributed by atoms with van der Waals surface area (Å²) in [6.45, 7) is 3.19. The van der Waals surface area contributed by atoms with Gasteiger partial charge >= 0.3 is 0 Å². The minimum absolute atomic E-state index is 0.171. The summed E-state index contributed by atoms with van der Waals surface area (Å²) in [6, 6.07) is 7.05. The number of hydrogen-bond donors (Lipinski definition) is 0. The van der Waals surface area contributed by atoms with Gasteiger partial charge in [0.15, 0.2) is 0 Å². The Bertz CT molecular complexity index is 639. The zero-order chi connectivity index (χ0) is 14.2. The van der Waals surface area contributed by atoms with E-state index in [9.17, 15) is 17.2 Å². The normalized spacial score (nSPS) is 11.6. The summed E-state index contributed by atoms with van der Waals surface area (Å²) in [5.41, 5.74) is 0.985. The highest BCUT2D eigenvalue weighted by Gasteiger charge is 2.20. The van der Waals surface area contributed by atoms with E-state index < -0.39 is 21.5 Å². The van der Waals surface area contributed by atoms with Crippen molar-refractivity contribution >= 4 is 9.84 Å². The molecular formula is C14H12F2O2S. The molecule has 0 saturated carbocycles. The molecule has 19 heavy (non-hydrogen) atoms. The number of hydrogen-bond acceptors (Lipinski definition) is 2. The first-order valence-electron chi connectivity index (χ1n) is 5.58. The quantitative estimate of drug-likeness (QED) is 0.846. The first-order valence-corrected chi connectivity index (χ1v) is 7.07. The molecule has 2 rings (SSSR count). The fourth-order valence-electron chi connectivity index (χ4n) is 1.85. The number of aryl methyl sites for hydroxylation is 2. The van der Waals surface area contributed by atoms with Crippen molar-refractivity contribution in [2.24, 2.45) is 0 Å². The van der Waals surface area contributed by atoms with Crippen LogP contribution in [-0.4, -0.2) is 8.42 Å². The van der Waals surface area contributed by atoms with Gasteiger partial charge in [0.2, 0.25) is 9.84 Å². The minimum atomic E-state index is -3.91. The molecule has 0 heterocycles. The van der Waals surface area contributed by atoms with Crippen molar-refractivity contribution < 1.29 is 17.2 Å². The summed E-state index contributed by atoms with van der Waals surface area (Å²) in [7, 11) is -3.91. The van der Waals surface area contributed by atoms with E-state index in [1.165, 1.54) is 24.3 Å². The van der Waals surface area contributed by atoms with E-state index in [-0.39, 0.29) is 9.79 Å². The smallest absolute Gasteiger partial charge is 0.206 e. The molecule has 100 valence electrons. The van der Waals surface area contributed by atoms with Gasteiger partial charge in [0.1, 0.15) is 11.6 Å². The zero-order valence-corrected chi connectivity index (χ0v) is 11.3. The highest BCUT2D eigenvalue weighted by molar-refractivity contribution is 7.91.